The number of urea groups is 1. The van der Waals surface area contributed by atoms with E-state index in [1.165, 1.54) is 0 Å². The van der Waals surface area contributed by atoms with Gasteiger partial charge in [0.2, 0.25) is 0 Å². The lowest BCUT2D eigenvalue weighted by atomic mass is 9.87. The van der Waals surface area contributed by atoms with Crippen molar-refractivity contribution in [3.63, 3.8) is 0 Å². The highest BCUT2D eigenvalue weighted by Crippen LogP contribution is 2.31. The second-order valence-electron chi connectivity index (χ2n) is 7.85. The van der Waals surface area contributed by atoms with Gasteiger partial charge in [0.25, 0.3) is 11.8 Å². The number of hydrazine groups is 1. The number of hydrogen-bond acceptors (Lipinski definition) is 3. The van der Waals surface area contributed by atoms with Gasteiger partial charge in [0.15, 0.2) is 6.54 Å². The third-order valence-electron chi connectivity index (χ3n) is 5.58. The Morgan fingerprint density at radius 2 is 1.67 bits per heavy atom. The summed E-state index contributed by atoms with van der Waals surface area (Å²) in [6, 6.07) is 18.5. The van der Waals surface area contributed by atoms with Crippen molar-refractivity contribution in [3.8, 4) is 0 Å². The molecule has 1 saturated heterocycles. The van der Waals surface area contributed by atoms with Gasteiger partial charge in [-0.25, -0.2) is 4.79 Å². The summed E-state index contributed by atoms with van der Waals surface area (Å²) in [6.45, 7) is 6.12. The van der Waals surface area contributed by atoms with Crippen LogP contribution in [0, 0.1) is 5.92 Å². The third-order valence-corrected chi connectivity index (χ3v) is 5.58. The molecule has 0 aliphatic carbocycles. The Hall–Kier alpha value is -3.19. The van der Waals surface area contributed by atoms with Crippen LogP contribution >= 0.6 is 0 Å². The van der Waals surface area contributed by atoms with Gasteiger partial charge >= 0.3 is 6.03 Å². The highest BCUT2D eigenvalue weighted by molar-refractivity contribution is 6.08. The number of quaternary nitrogens is 1. The minimum absolute atomic E-state index is 0.0964. The van der Waals surface area contributed by atoms with E-state index in [9.17, 15) is 14.4 Å². The van der Waals surface area contributed by atoms with Crippen LogP contribution in [0.4, 0.5) is 4.79 Å². The number of benzene rings is 2. The molecule has 1 fully saturated rings. The fraction of sp³-hybridized carbons (Fsp3) is 0.348. The number of carbonyl (C=O) groups excluding carboxylic acids is 3. The van der Waals surface area contributed by atoms with Crippen LogP contribution in [0.15, 0.2) is 60.7 Å². The summed E-state index contributed by atoms with van der Waals surface area (Å²) in [5, 5.41) is 5.49. The molecule has 0 radical (unpaired) electrons. The zero-order valence-electron chi connectivity index (χ0n) is 17.6. The molecular formula is C23H29N4O3+. The van der Waals surface area contributed by atoms with Crippen molar-refractivity contribution < 1.29 is 19.7 Å². The van der Waals surface area contributed by atoms with E-state index in [1.807, 2.05) is 60.8 Å². The molecule has 7 heteroatoms. The first-order valence-electron chi connectivity index (χ1n) is 10.3. The number of nitrogens with zero attached hydrogens (tertiary/aromatic N) is 1. The first-order chi connectivity index (χ1) is 14.4. The third kappa shape index (κ3) is 4.21. The molecule has 0 saturated carbocycles. The molecule has 0 unspecified atom stereocenters. The summed E-state index contributed by atoms with van der Waals surface area (Å²) in [5.41, 5.74) is 3.14. The van der Waals surface area contributed by atoms with Gasteiger partial charge in [-0.1, -0.05) is 81.4 Å². The van der Waals surface area contributed by atoms with E-state index in [4.69, 9.17) is 0 Å². The number of amides is 4. The Bertz CT molecular complexity index is 901. The van der Waals surface area contributed by atoms with Crippen molar-refractivity contribution in [3.05, 3.63) is 71.8 Å². The highest BCUT2D eigenvalue weighted by Gasteiger charge is 2.52. The predicted octanol–water partition coefficient (Wildman–Crippen LogP) is 1.84. The molecule has 0 aromatic heterocycles. The van der Waals surface area contributed by atoms with E-state index in [0.29, 0.717) is 17.9 Å². The van der Waals surface area contributed by atoms with Crippen LogP contribution in [0.1, 0.15) is 44.4 Å². The number of nitrogens with one attached hydrogen (secondary N) is 2. The van der Waals surface area contributed by atoms with Gasteiger partial charge in [-0.2, -0.15) is 5.01 Å². The van der Waals surface area contributed by atoms with Crippen LogP contribution in [-0.2, 0) is 15.1 Å². The maximum atomic E-state index is 13.1. The van der Waals surface area contributed by atoms with Crippen molar-refractivity contribution in [2.45, 2.75) is 38.8 Å². The van der Waals surface area contributed by atoms with Crippen LogP contribution in [0.25, 0.3) is 0 Å². The smallest absolute Gasteiger partial charge is 0.332 e. The second kappa shape index (κ2) is 9.09. The van der Waals surface area contributed by atoms with Crippen LogP contribution in [-0.4, -0.2) is 29.4 Å². The Labute approximate surface area is 176 Å². The van der Waals surface area contributed by atoms with E-state index >= 15 is 0 Å². The average Bonchev–Trinajstić information content (AvgIpc) is 3.00. The van der Waals surface area contributed by atoms with Crippen LogP contribution in [0.5, 0.6) is 0 Å². The van der Waals surface area contributed by atoms with Gasteiger partial charge in [-0.15, -0.1) is 0 Å². The molecule has 1 aliphatic rings. The molecule has 1 aliphatic heterocycles. The molecule has 3 rings (SSSR count). The Morgan fingerprint density at radius 3 is 2.23 bits per heavy atom. The molecule has 7 nitrogen and oxygen atoms in total. The standard InChI is InChI=1S/C23H28N4O3/c1-4-23(18-13-9-6-10-14-18)21(29)27(22(30)25-23)26-19(28)15-24-20(16(2)3)17-11-7-5-8-12-17/h5-14,16,20,24H,4,15H2,1-3H3,(H,25,30)(H,26,28)/p+1/t20-,23-/m1/s1. The number of carbonyl (C=O) groups is 3. The van der Waals surface area contributed by atoms with E-state index in [2.05, 4.69) is 24.6 Å². The minimum atomic E-state index is -1.17. The van der Waals surface area contributed by atoms with Crippen LogP contribution in [0.3, 0.4) is 0 Å². The summed E-state index contributed by atoms with van der Waals surface area (Å²) in [5.74, 6) is -0.569. The van der Waals surface area contributed by atoms with E-state index in [-0.39, 0.29) is 12.6 Å². The van der Waals surface area contributed by atoms with Crippen molar-refractivity contribution >= 4 is 17.8 Å². The van der Waals surface area contributed by atoms with Crippen LogP contribution < -0.4 is 16.1 Å². The predicted molar refractivity (Wildman–Crippen MR) is 113 cm³/mol. The zero-order chi connectivity index (χ0) is 21.7. The normalized spacial score (nSPS) is 19.7. The number of imide groups is 1. The summed E-state index contributed by atoms with van der Waals surface area (Å²) in [7, 11) is 0. The fourth-order valence-corrected chi connectivity index (χ4v) is 3.91. The summed E-state index contributed by atoms with van der Waals surface area (Å²) in [4.78, 5) is 38.2. The van der Waals surface area contributed by atoms with Crippen molar-refractivity contribution in [1.82, 2.24) is 15.8 Å². The molecule has 2 atom stereocenters. The maximum Gasteiger partial charge on any atom is 0.344 e. The molecular weight excluding hydrogens is 380 g/mol. The summed E-state index contributed by atoms with van der Waals surface area (Å²) < 4.78 is 0. The van der Waals surface area contributed by atoms with Gasteiger partial charge < -0.3 is 10.6 Å². The lowest BCUT2D eigenvalue weighted by molar-refractivity contribution is -0.692. The van der Waals surface area contributed by atoms with Crippen molar-refractivity contribution in [2.75, 3.05) is 6.54 Å². The largest absolute Gasteiger partial charge is 0.344 e. The molecule has 1 heterocycles. The Morgan fingerprint density at radius 1 is 1.07 bits per heavy atom. The Balaban J connectivity index is 1.68. The SMILES string of the molecule is CC[C@]1(c2ccccc2)NC(=O)N(NC(=O)C[NH2+][C@@H](c2ccccc2)C(C)C)C1=O. The molecule has 30 heavy (non-hydrogen) atoms. The van der Waals surface area contributed by atoms with Crippen molar-refractivity contribution in [2.24, 2.45) is 5.92 Å². The first kappa shape index (κ1) is 21.5. The van der Waals surface area contributed by atoms with Gasteiger partial charge in [-0.05, 0) is 12.0 Å². The zero-order valence-corrected chi connectivity index (χ0v) is 17.6. The van der Waals surface area contributed by atoms with Crippen molar-refractivity contribution in [1.29, 1.82) is 0 Å². The van der Waals surface area contributed by atoms with Crippen LogP contribution in [0.2, 0.25) is 0 Å². The summed E-state index contributed by atoms with van der Waals surface area (Å²) >= 11 is 0. The molecule has 2 aromatic carbocycles. The van der Waals surface area contributed by atoms with Gasteiger partial charge in [0.1, 0.15) is 11.6 Å². The number of hydrogen-bond donors (Lipinski definition) is 3. The topological polar surface area (TPSA) is 95.1 Å². The molecule has 158 valence electrons. The van der Waals surface area contributed by atoms with E-state index in [0.717, 1.165) is 10.6 Å². The monoisotopic (exact) mass is 409 g/mol. The Kier molecular flexibility index (Phi) is 6.52. The lowest BCUT2D eigenvalue weighted by Crippen LogP contribution is -2.88. The van der Waals surface area contributed by atoms with Gasteiger partial charge in [0.05, 0.1) is 0 Å². The fourth-order valence-electron chi connectivity index (χ4n) is 3.91. The molecule has 2 aromatic rings. The van der Waals surface area contributed by atoms with Gasteiger partial charge in [0, 0.05) is 11.5 Å². The molecule has 4 N–H and O–H groups in total. The molecule has 4 amide bonds. The maximum absolute atomic E-state index is 13.1. The van der Waals surface area contributed by atoms with E-state index < -0.39 is 23.4 Å². The minimum Gasteiger partial charge on any atom is -0.332 e. The average molecular weight is 410 g/mol. The van der Waals surface area contributed by atoms with Gasteiger partial charge in [-0.3, -0.25) is 15.0 Å². The number of nitrogens with two attached hydrogens (primary N) is 1. The molecule has 0 spiro atoms. The second-order valence-corrected chi connectivity index (χ2v) is 7.85. The first-order valence-corrected chi connectivity index (χ1v) is 10.3. The lowest BCUT2D eigenvalue weighted by Gasteiger charge is -2.25. The van der Waals surface area contributed by atoms with E-state index in [1.54, 1.807) is 12.1 Å². The number of rotatable bonds is 8. The quantitative estimate of drug-likeness (QED) is 0.581. The summed E-state index contributed by atoms with van der Waals surface area (Å²) in [6.07, 6.45) is 0.378. The highest BCUT2D eigenvalue weighted by atomic mass is 16.2. The molecule has 0 bridgehead atoms.